The van der Waals surface area contributed by atoms with E-state index in [1.165, 1.54) is 70.6 Å². The molecule has 0 aromatic heterocycles. The van der Waals surface area contributed by atoms with Gasteiger partial charge in [0.05, 0.1) is 0 Å². The molecule has 0 heterocycles. The number of alkyl halides is 1. The fraction of sp³-hybridized carbons (Fsp3) is 0.875. The summed E-state index contributed by atoms with van der Waals surface area (Å²) in [5, 5.41) is 8.60. The SMILES string of the molecule is OCC/C=C\CCCCCCCCCCCCCl. The maximum atomic E-state index is 8.60. The third-order valence-electron chi connectivity index (χ3n) is 3.22. The fourth-order valence-corrected chi connectivity index (χ4v) is 2.27. The van der Waals surface area contributed by atoms with Gasteiger partial charge in [0.25, 0.3) is 0 Å². The predicted octanol–water partition coefficient (Wildman–Crippen LogP) is 5.45. The smallest absolute Gasteiger partial charge is 0.0465 e. The molecule has 0 aliphatic rings. The van der Waals surface area contributed by atoms with Crippen LogP contribution in [0.3, 0.4) is 0 Å². The molecule has 0 amide bonds. The van der Waals surface area contributed by atoms with Crippen molar-refractivity contribution < 1.29 is 5.11 Å². The zero-order valence-corrected chi connectivity index (χ0v) is 12.6. The van der Waals surface area contributed by atoms with Crippen LogP contribution in [0, 0.1) is 0 Å². The second-order valence-corrected chi connectivity index (χ2v) is 5.37. The van der Waals surface area contributed by atoms with Crippen molar-refractivity contribution in [2.75, 3.05) is 12.5 Å². The number of rotatable bonds is 14. The highest BCUT2D eigenvalue weighted by atomic mass is 35.5. The van der Waals surface area contributed by atoms with Crippen LogP contribution in [0.25, 0.3) is 0 Å². The Bertz CT molecular complexity index is 168. The summed E-state index contributed by atoms with van der Waals surface area (Å²) in [4.78, 5) is 0. The van der Waals surface area contributed by atoms with Crippen LogP contribution < -0.4 is 0 Å². The van der Waals surface area contributed by atoms with E-state index in [1.807, 2.05) is 0 Å². The summed E-state index contributed by atoms with van der Waals surface area (Å²) in [6.45, 7) is 0.279. The van der Waals surface area contributed by atoms with Gasteiger partial charge in [-0.25, -0.2) is 0 Å². The first kappa shape index (κ1) is 18.0. The predicted molar refractivity (Wildman–Crippen MR) is 82.3 cm³/mol. The van der Waals surface area contributed by atoms with E-state index < -0.39 is 0 Å². The Morgan fingerprint density at radius 1 is 0.611 bits per heavy atom. The molecule has 0 aliphatic heterocycles. The monoisotopic (exact) mass is 274 g/mol. The van der Waals surface area contributed by atoms with Crippen molar-refractivity contribution in [3.63, 3.8) is 0 Å². The number of hydrogen-bond donors (Lipinski definition) is 1. The third-order valence-corrected chi connectivity index (χ3v) is 3.48. The number of halogens is 1. The second kappa shape index (κ2) is 17.0. The largest absolute Gasteiger partial charge is 0.396 e. The zero-order valence-electron chi connectivity index (χ0n) is 11.9. The molecule has 0 aliphatic carbocycles. The molecule has 1 N–H and O–H groups in total. The first-order valence-corrected chi connectivity index (χ1v) is 8.27. The Morgan fingerprint density at radius 2 is 1.06 bits per heavy atom. The van der Waals surface area contributed by atoms with Gasteiger partial charge in [0.1, 0.15) is 0 Å². The lowest BCUT2D eigenvalue weighted by atomic mass is 10.1. The van der Waals surface area contributed by atoms with Crippen molar-refractivity contribution in [2.45, 2.75) is 77.0 Å². The molecule has 0 fully saturated rings. The highest BCUT2D eigenvalue weighted by Crippen LogP contribution is 2.11. The molecular formula is C16H31ClO. The topological polar surface area (TPSA) is 20.2 Å². The van der Waals surface area contributed by atoms with E-state index in [-0.39, 0.29) is 6.61 Å². The Kier molecular flexibility index (Phi) is 17.0. The van der Waals surface area contributed by atoms with Gasteiger partial charge < -0.3 is 5.11 Å². The van der Waals surface area contributed by atoms with E-state index in [0.717, 1.165) is 12.3 Å². The molecule has 0 aromatic rings. The van der Waals surface area contributed by atoms with Gasteiger partial charge in [0, 0.05) is 12.5 Å². The van der Waals surface area contributed by atoms with Gasteiger partial charge in [-0.15, -0.1) is 11.6 Å². The molecule has 0 rings (SSSR count). The van der Waals surface area contributed by atoms with Gasteiger partial charge in [-0.1, -0.05) is 63.5 Å². The lowest BCUT2D eigenvalue weighted by Gasteiger charge is -2.01. The first-order valence-electron chi connectivity index (χ1n) is 7.73. The molecule has 0 aromatic carbocycles. The average molecular weight is 275 g/mol. The van der Waals surface area contributed by atoms with Gasteiger partial charge in [0.2, 0.25) is 0 Å². The van der Waals surface area contributed by atoms with Crippen molar-refractivity contribution in [2.24, 2.45) is 0 Å². The summed E-state index contributed by atoms with van der Waals surface area (Å²) >= 11 is 5.64. The number of aliphatic hydroxyl groups is 1. The van der Waals surface area contributed by atoms with Crippen LogP contribution in [0.1, 0.15) is 77.0 Å². The second-order valence-electron chi connectivity index (χ2n) is 5.00. The third kappa shape index (κ3) is 16.0. The van der Waals surface area contributed by atoms with Crippen LogP contribution in [-0.4, -0.2) is 17.6 Å². The van der Waals surface area contributed by atoms with Crippen LogP contribution >= 0.6 is 11.6 Å². The summed E-state index contributed by atoms with van der Waals surface area (Å²) in [5.74, 6) is 0.826. The molecule has 0 bridgehead atoms. The molecule has 108 valence electrons. The van der Waals surface area contributed by atoms with Gasteiger partial charge >= 0.3 is 0 Å². The lowest BCUT2D eigenvalue weighted by Crippen LogP contribution is -1.82. The molecule has 0 spiro atoms. The van der Waals surface area contributed by atoms with Crippen molar-refractivity contribution in [3.05, 3.63) is 12.2 Å². The van der Waals surface area contributed by atoms with Crippen LogP contribution in [0.4, 0.5) is 0 Å². The maximum absolute atomic E-state index is 8.60. The average Bonchev–Trinajstić information content (AvgIpc) is 2.39. The highest BCUT2D eigenvalue weighted by molar-refractivity contribution is 6.17. The summed E-state index contributed by atoms with van der Waals surface area (Å²) in [5.41, 5.74) is 0. The Labute approximate surface area is 119 Å². The Hall–Kier alpha value is -0.0100. The maximum Gasteiger partial charge on any atom is 0.0465 e. The van der Waals surface area contributed by atoms with Crippen LogP contribution in [0.2, 0.25) is 0 Å². The number of hydrogen-bond acceptors (Lipinski definition) is 1. The van der Waals surface area contributed by atoms with Crippen molar-refractivity contribution in [3.8, 4) is 0 Å². The molecule has 1 nitrogen and oxygen atoms in total. The number of allylic oxidation sites excluding steroid dienone is 1. The van der Waals surface area contributed by atoms with Crippen LogP contribution in [-0.2, 0) is 0 Å². The normalized spacial score (nSPS) is 11.4. The van der Waals surface area contributed by atoms with Gasteiger partial charge in [-0.2, -0.15) is 0 Å². The van der Waals surface area contributed by atoms with E-state index in [0.29, 0.717) is 0 Å². The Balaban J connectivity index is 2.94. The summed E-state index contributed by atoms with van der Waals surface area (Å²) in [6, 6.07) is 0. The Morgan fingerprint density at radius 3 is 1.56 bits per heavy atom. The molecule has 0 saturated carbocycles. The van der Waals surface area contributed by atoms with Crippen molar-refractivity contribution in [1.29, 1.82) is 0 Å². The minimum Gasteiger partial charge on any atom is -0.396 e. The fourth-order valence-electron chi connectivity index (χ4n) is 2.08. The molecule has 0 unspecified atom stereocenters. The summed E-state index contributed by atoms with van der Waals surface area (Å²) in [7, 11) is 0. The first-order chi connectivity index (χ1) is 8.91. The van der Waals surface area contributed by atoms with E-state index in [2.05, 4.69) is 12.2 Å². The van der Waals surface area contributed by atoms with E-state index in [4.69, 9.17) is 16.7 Å². The number of unbranched alkanes of at least 4 members (excludes halogenated alkanes) is 10. The van der Waals surface area contributed by atoms with Crippen LogP contribution in [0.5, 0.6) is 0 Å². The van der Waals surface area contributed by atoms with Gasteiger partial charge in [0.15, 0.2) is 0 Å². The molecule has 2 heteroatoms. The standard InChI is InChI=1S/C16H31ClO/c17-15-13-11-9-7-5-3-1-2-4-6-8-10-12-14-16-18/h10,12,18H,1-9,11,13-16H2/b12-10-. The molecule has 0 atom stereocenters. The van der Waals surface area contributed by atoms with Crippen molar-refractivity contribution in [1.82, 2.24) is 0 Å². The highest BCUT2D eigenvalue weighted by Gasteiger charge is 1.92. The van der Waals surface area contributed by atoms with Crippen molar-refractivity contribution >= 4 is 11.6 Å². The van der Waals surface area contributed by atoms with E-state index >= 15 is 0 Å². The lowest BCUT2D eigenvalue weighted by molar-refractivity contribution is 0.302. The summed E-state index contributed by atoms with van der Waals surface area (Å²) in [6.07, 6.45) is 19.8. The van der Waals surface area contributed by atoms with Gasteiger partial charge in [-0.3, -0.25) is 0 Å². The minimum absolute atomic E-state index is 0.279. The van der Waals surface area contributed by atoms with E-state index in [1.54, 1.807) is 0 Å². The molecule has 18 heavy (non-hydrogen) atoms. The van der Waals surface area contributed by atoms with Gasteiger partial charge in [-0.05, 0) is 25.7 Å². The summed E-state index contributed by atoms with van der Waals surface area (Å²) < 4.78 is 0. The quantitative estimate of drug-likeness (QED) is 0.253. The zero-order chi connectivity index (χ0) is 13.3. The van der Waals surface area contributed by atoms with E-state index in [9.17, 15) is 0 Å². The van der Waals surface area contributed by atoms with Crippen LogP contribution in [0.15, 0.2) is 12.2 Å². The molecule has 0 radical (unpaired) electrons. The molecular weight excluding hydrogens is 244 g/mol. The minimum atomic E-state index is 0.279. The molecule has 0 saturated heterocycles. The number of aliphatic hydroxyl groups excluding tert-OH is 1.